The first-order chi connectivity index (χ1) is 8.69. The summed E-state index contributed by atoms with van der Waals surface area (Å²) in [6.07, 6.45) is 0. The average Bonchev–Trinajstić information content (AvgIpc) is 2.38. The van der Waals surface area contributed by atoms with Gasteiger partial charge in [-0.15, -0.1) is 11.8 Å². The number of hydrogen-bond acceptors (Lipinski definition) is 2. The van der Waals surface area contributed by atoms with E-state index in [9.17, 15) is 4.39 Å². The summed E-state index contributed by atoms with van der Waals surface area (Å²) in [5.74, 6) is 0.581. The van der Waals surface area contributed by atoms with Crippen molar-refractivity contribution in [2.45, 2.75) is 17.2 Å². The molecule has 2 aromatic rings. The van der Waals surface area contributed by atoms with Crippen LogP contribution in [0.5, 0.6) is 0 Å². The van der Waals surface area contributed by atoms with Crippen molar-refractivity contribution in [3.63, 3.8) is 0 Å². The molecule has 0 bridgehead atoms. The fourth-order valence-electron chi connectivity index (χ4n) is 1.60. The van der Waals surface area contributed by atoms with Crippen molar-refractivity contribution in [3.05, 3.63) is 63.9 Å². The van der Waals surface area contributed by atoms with Crippen LogP contribution in [-0.2, 0) is 12.3 Å². The molecule has 0 unspecified atom stereocenters. The van der Waals surface area contributed by atoms with Gasteiger partial charge in [0.1, 0.15) is 5.82 Å². The Kier molecular flexibility index (Phi) is 4.80. The minimum absolute atomic E-state index is 0.228. The molecule has 1 nitrogen and oxygen atoms in total. The first kappa shape index (κ1) is 13.6. The van der Waals surface area contributed by atoms with Crippen molar-refractivity contribution in [1.82, 2.24) is 0 Å². The highest BCUT2D eigenvalue weighted by Gasteiger charge is 2.03. The van der Waals surface area contributed by atoms with Crippen LogP contribution in [0.4, 0.5) is 4.39 Å². The molecule has 0 radical (unpaired) electrons. The second kappa shape index (κ2) is 6.36. The van der Waals surface area contributed by atoms with Gasteiger partial charge in [0.25, 0.3) is 0 Å². The molecule has 2 aromatic carbocycles. The third kappa shape index (κ3) is 3.57. The van der Waals surface area contributed by atoms with E-state index in [1.807, 2.05) is 18.2 Å². The molecule has 0 saturated carbocycles. The molecule has 0 amide bonds. The predicted molar refractivity (Wildman–Crippen MR) is 78.0 cm³/mol. The average molecular weight is 326 g/mol. The maximum absolute atomic E-state index is 13.3. The molecule has 0 aromatic heterocycles. The maximum atomic E-state index is 13.3. The third-order valence-corrected chi connectivity index (χ3v) is 4.09. The number of nitrogens with two attached hydrogens (primary N) is 1. The second-order valence-electron chi connectivity index (χ2n) is 3.88. The summed E-state index contributed by atoms with van der Waals surface area (Å²) < 4.78 is 14.4. The minimum atomic E-state index is -0.228. The Bertz CT molecular complexity index is 545. The lowest BCUT2D eigenvalue weighted by molar-refractivity contribution is 0.610. The lowest BCUT2D eigenvalue weighted by Gasteiger charge is -2.05. The van der Waals surface area contributed by atoms with Gasteiger partial charge < -0.3 is 5.73 Å². The SMILES string of the molecule is NCc1cc(CSc2cccc(Br)c2)ccc1F. The summed E-state index contributed by atoms with van der Waals surface area (Å²) in [5.41, 5.74) is 7.15. The van der Waals surface area contributed by atoms with Gasteiger partial charge in [-0.1, -0.05) is 34.1 Å². The number of thioether (sulfide) groups is 1. The Morgan fingerprint density at radius 1 is 1.17 bits per heavy atom. The van der Waals surface area contributed by atoms with Gasteiger partial charge in [0.05, 0.1) is 0 Å². The lowest BCUT2D eigenvalue weighted by atomic mass is 10.1. The smallest absolute Gasteiger partial charge is 0.127 e. The van der Waals surface area contributed by atoms with Gasteiger partial charge in [-0.3, -0.25) is 0 Å². The molecule has 0 aliphatic carbocycles. The van der Waals surface area contributed by atoms with Gasteiger partial charge in [-0.05, 0) is 29.8 Å². The zero-order valence-corrected chi connectivity index (χ0v) is 12.1. The van der Waals surface area contributed by atoms with E-state index in [1.54, 1.807) is 17.8 Å². The molecule has 0 saturated heterocycles. The van der Waals surface area contributed by atoms with Crippen molar-refractivity contribution < 1.29 is 4.39 Å². The van der Waals surface area contributed by atoms with E-state index in [4.69, 9.17) is 5.73 Å². The molecule has 18 heavy (non-hydrogen) atoms. The topological polar surface area (TPSA) is 26.0 Å². The fraction of sp³-hybridized carbons (Fsp3) is 0.143. The van der Waals surface area contributed by atoms with E-state index < -0.39 is 0 Å². The number of hydrogen-bond donors (Lipinski definition) is 1. The molecule has 0 aliphatic heterocycles. The molecular formula is C14H13BrFNS. The molecule has 0 fully saturated rings. The van der Waals surface area contributed by atoms with Crippen LogP contribution in [-0.4, -0.2) is 0 Å². The van der Waals surface area contributed by atoms with E-state index in [2.05, 4.69) is 28.1 Å². The summed E-state index contributed by atoms with van der Waals surface area (Å²) in [7, 11) is 0. The predicted octanol–water partition coefficient (Wildman–Crippen LogP) is 4.34. The van der Waals surface area contributed by atoms with Crippen LogP contribution in [0.15, 0.2) is 51.8 Å². The molecule has 94 valence electrons. The van der Waals surface area contributed by atoms with Gasteiger partial charge in [-0.2, -0.15) is 0 Å². The van der Waals surface area contributed by atoms with Crippen LogP contribution in [0.25, 0.3) is 0 Å². The van der Waals surface area contributed by atoms with Crippen molar-refractivity contribution in [2.75, 3.05) is 0 Å². The summed E-state index contributed by atoms with van der Waals surface area (Å²) >= 11 is 5.16. The van der Waals surface area contributed by atoms with Gasteiger partial charge in [0.2, 0.25) is 0 Å². The largest absolute Gasteiger partial charge is 0.326 e. The van der Waals surface area contributed by atoms with E-state index >= 15 is 0 Å². The van der Waals surface area contributed by atoms with Gasteiger partial charge in [-0.25, -0.2) is 4.39 Å². The van der Waals surface area contributed by atoms with E-state index in [0.717, 1.165) is 15.8 Å². The maximum Gasteiger partial charge on any atom is 0.127 e. The molecule has 2 rings (SSSR count). The van der Waals surface area contributed by atoms with E-state index in [-0.39, 0.29) is 12.4 Å². The summed E-state index contributed by atoms with van der Waals surface area (Å²) in [6.45, 7) is 0.237. The van der Waals surface area contributed by atoms with Crippen LogP contribution in [0.3, 0.4) is 0 Å². The van der Waals surface area contributed by atoms with E-state index in [0.29, 0.717) is 5.56 Å². The monoisotopic (exact) mass is 325 g/mol. The van der Waals surface area contributed by atoms with Crippen molar-refractivity contribution in [1.29, 1.82) is 0 Å². The van der Waals surface area contributed by atoms with Gasteiger partial charge in [0, 0.05) is 27.2 Å². The third-order valence-electron chi connectivity index (χ3n) is 2.53. The minimum Gasteiger partial charge on any atom is -0.326 e. The summed E-state index contributed by atoms with van der Waals surface area (Å²) in [4.78, 5) is 1.18. The van der Waals surface area contributed by atoms with Crippen LogP contribution in [0.2, 0.25) is 0 Å². The van der Waals surface area contributed by atoms with Crippen molar-refractivity contribution in [2.24, 2.45) is 5.73 Å². The molecular weight excluding hydrogens is 313 g/mol. The Labute approximate surface area is 119 Å². The Balaban J connectivity index is 2.06. The molecule has 4 heteroatoms. The van der Waals surface area contributed by atoms with Crippen LogP contribution in [0.1, 0.15) is 11.1 Å². The zero-order valence-electron chi connectivity index (χ0n) is 9.70. The molecule has 2 N–H and O–H groups in total. The lowest BCUT2D eigenvalue weighted by Crippen LogP contribution is -2.00. The second-order valence-corrected chi connectivity index (χ2v) is 5.84. The molecule has 0 atom stereocenters. The first-order valence-corrected chi connectivity index (χ1v) is 7.32. The zero-order chi connectivity index (χ0) is 13.0. The number of benzene rings is 2. The van der Waals surface area contributed by atoms with Crippen LogP contribution >= 0.6 is 27.7 Å². The standard InChI is InChI=1S/C14H13BrFNS/c15-12-2-1-3-13(7-12)18-9-10-4-5-14(16)11(6-10)8-17/h1-7H,8-9,17H2. The van der Waals surface area contributed by atoms with Crippen LogP contribution < -0.4 is 5.73 Å². The fourth-order valence-corrected chi connectivity index (χ4v) is 3.05. The Morgan fingerprint density at radius 2 is 2.00 bits per heavy atom. The van der Waals surface area contributed by atoms with Crippen LogP contribution in [0, 0.1) is 5.82 Å². The number of halogens is 2. The van der Waals surface area contributed by atoms with Gasteiger partial charge in [0.15, 0.2) is 0 Å². The normalized spacial score (nSPS) is 10.6. The van der Waals surface area contributed by atoms with Crippen molar-refractivity contribution in [3.8, 4) is 0 Å². The molecule has 0 spiro atoms. The molecule has 0 heterocycles. The number of rotatable bonds is 4. The van der Waals surface area contributed by atoms with Gasteiger partial charge >= 0.3 is 0 Å². The molecule has 0 aliphatic rings. The quantitative estimate of drug-likeness (QED) is 0.846. The summed E-state index contributed by atoms with van der Waals surface area (Å²) in [5, 5.41) is 0. The highest BCUT2D eigenvalue weighted by atomic mass is 79.9. The Hall–Kier alpha value is -0.840. The first-order valence-electron chi connectivity index (χ1n) is 5.55. The highest BCUT2D eigenvalue weighted by Crippen LogP contribution is 2.26. The van der Waals surface area contributed by atoms with E-state index in [1.165, 1.54) is 11.0 Å². The highest BCUT2D eigenvalue weighted by molar-refractivity contribution is 9.10. The van der Waals surface area contributed by atoms with Crippen molar-refractivity contribution >= 4 is 27.7 Å². The Morgan fingerprint density at radius 3 is 2.72 bits per heavy atom. The summed E-state index contributed by atoms with van der Waals surface area (Å²) in [6, 6.07) is 13.2.